The second-order valence-electron chi connectivity index (χ2n) is 7.33. The third kappa shape index (κ3) is 1.81. The van der Waals surface area contributed by atoms with Crippen LogP contribution in [0.3, 0.4) is 0 Å². The SMILES string of the molecule is Cc1ccc([C]=S)cc1C12CC3CC(CC(C3)C1)C2. The van der Waals surface area contributed by atoms with Gasteiger partial charge in [-0.3, -0.25) is 0 Å². The lowest BCUT2D eigenvalue weighted by Gasteiger charge is -2.57. The number of hydrogen-bond acceptors (Lipinski definition) is 1. The molecule has 0 atom stereocenters. The normalized spacial score (nSPS) is 39.5. The lowest BCUT2D eigenvalue weighted by Crippen LogP contribution is -2.48. The third-order valence-corrected chi connectivity index (χ3v) is 6.20. The van der Waals surface area contributed by atoms with Crippen LogP contribution >= 0.6 is 12.2 Å². The maximum Gasteiger partial charge on any atom is 0.0636 e. The van der Waals surface area contributed by atoms with Crippen LogP contribution in [0.5, 0.6) is 0 Å². The van der Waals surface area contributed by atoms with E-state index < -0.39 is 0 Å². The summed E-state index contributed by atoms with van der Waals surface area (Å²) >= 11 is 5.01. The summed E-state index contributed by atoms with van der Waals surface area (Å²) in [5, 5.41) is 2.91. The van der Waals surface area contributed by atoms with Crippen LogP contribution in [0.1, 0.15) is 55.2 Å². The Bertz CT molecular complexity index is 493. The van der Waals surface area contributed by atoms with Gasteiger partial charge in [-0.25, -0.2) is 0 Å². The first-order valence-electron chi connectivity index (χ1n) is 7.68. The lowest BCUT2D eigenvalue weighted by molar-refractivity contribution is -0.00546. The van der Waals surface area contributed by atoms with E-state index in [0.717, 1.165) is 23.3 Å². The lowest BCUT2D eigenvalue weighted by atomic mass is 9.47. The Hall–Kier alpha value is -0.690. The van der Waals surface area contributed by atoms with Crippen LogP contribution in [0.25, 0.3) is 0 Å². The summed E-state index contributed by atoms with van der Waals surface area (Å²) in [6, 6.07) is 6.71. The molecular formula is C18H21S. The molecule has 4 saturated carbocycles. The summed E-state index contributed by atoms with van der Waals surface area (Å²) < 4.78 is 0. The van der Waals surface area contributed by atoms with E-state index in [9.17, 15) is 0 Å². The fourth-order valence-corrected chi connectivity index (χ4v) is 5.82. The Morgan fingerprint density at radius 1 is 1.05 bits per heavy atom. The smallest absolute Gasteiger partial charge is 0.0636 e. The first-order valence-corrected chi connectivity index (χ1v) is 8.09. The zero-order valence-corrected chi connectivity index (χ0v) is 12.4. The molecule has 4 aliphatic carbocycles. The molecular weight excluding hydrogens is 248 g/mol. The van der Waals surface area contributed by atoms with Crippen LogP contribution in [0, 0.1) is 24.7 Å². The van der Waals surface area contributed by atoms with E-state index in [-0.39, 0.29) is 0 Å². The summed E-state index contributed by atoms with van der Waals surface area (Å²) in [6.45, 7) is 2.28. The van der Waals surface area contributed by atoms with Gasteiger partial charge in [-0.1, -0.05) is 24.4 Å². The molecule has 0 saturated heterocycles. The van der Waals surface area contributed by atoms with Gasteiger partial charge in [0.15, 0.2) is 0 Å². The molecule has 0 aromatic heterocycles. The minimum absolute atomic E-state index is 0.487. The first-order chi connectivity index (χ1) is 9.18. The second kappa shape index (κ2) is 4.15. The van der Waals surface area contributed by atoms with Crippen molar-refractivity contribution in [3.05, 3.63) is 34.9 Å². The number of hydrogen-bond donors (Lipinski definition) is 0. The van der Waals surface area contributed by atoms with Gasteiger partial charge in [0.2, 0.25) is 0 Å². The monoisotopic (exact) mass is 269 g/mol. The third-order valence-electron chi connectivity index (χ3n) is 5.97. The second-order valence-corrected chi connectivity index (χ2v) is 7.53. The Balaban J connectivity index is 1.81. The van der Waals surface area contributed by atoms with E-state index in [0.29, 0.717) is 5.41 Å². The van der Waals surface area contributed by atoms with Crippen molar-refractivity contribution in [2.24, 2.45) is 17.8 Å². The van der Waals surface area contributed by atoms with E-state index in [1.807, 2.05) is 0 Å². The number of aryl methyl sites for hydroxylation is 1. The number of thiocarbonyl (C=S) groups is 1. The molecule has 0 spiro atoms. The molecule has 4 bridgehead atoms. The van der Waals surface area contributed by atoms with E-state index in [1.54, 1.807) is 5.56 Å². The minimum atomic E-state index is 0.487. The van der Waals surface area contributed by atoms with E-state index in [1.165, 1.54) is 44.1 Å². The largest absolute Gasteiger partial charge is 0.0778 e. The molecule has 1 radical (unpaired) electrons. The van der Waals surface area contributed by atoms with Crippen LogP contribution in [0.15, 0.2) is 18.2 Å². The molecule has 0 nitrogen and oxygen atoms in total. The molecule has 0 unspecified atom stereocenters. The Kier molecular flexibility index (Phi) is 2.64. The minimum Gasteiger partial charge on any atom is -0.0778 e. The van der Waals surface area contributed by atoms with Crippen molar-refractivity contribution in [3.63, 3.8) is 0 Å². The predicted molar refractivity (Wildman–Crippen MR) is 82.7 cm³/mol. The van der Waals surface area contributed by atoms with Gasteiger partial charge in [-0.05, 0) is 91.4 Å². The van der Waals surface area contributed by atoms with Gasteiger partial charge in [0.25, 0.3) is 0 Å². The highest BCUT2D eigenvalue weighted by Gasteiger charge is 2.51. The maximum absolute atomic E-state index is 5.01. The van der Waals surface area contributed by atoms with Gasteiger partial charge in [-0.15, -0.1) is 0 Å². The van der Waals surface area contributed by atoms with E-state index in [4.69, 9.17) is 12.2 Å². The van der Waals surface area contributed by atoms with Gasteiger partial charge in [0.1, 0.15) is 0 Å². The van der Waals surface area contributed by atoms with E-state index >= 15 is 0 Å². The van der Waals surface area contributed by atoms with Gasteiger partial charge in [-0.2, -0.15) is 0 Å². The molecule has 1 heteroatoms. The molecule has 4 fully saturated rings. The molecule has 5 rings (SSSR count). The van der Waals surface area contributed by atoms with Crippen LogP contribution in [-0.4, -0.2) is 5.37 Å². The summed E-state index contributed by atoms with van der Waals surface area (Å²) in [5.41, 5.74) is 4.66. The van der Waals surface area contributed by atoms with Crippen molar-refractivity contribution >= 4 is 17.6 Å². The highest BCUT2D eigenvalue weighted by Crippen LogP contribution is 2.61. The molecule has 1 aromatic carbocycles. The maximum atomic E-state index is 5.01. The number of rotatable bonds is 2. The fraction of sp³-hybridized carbons (Fsp3) is 0.611. The van der Waals surface area contributed by atoms with E-state index in [2.05, 4.69) is 30.5 Å². The standard InChI is InChI=1S/C18H21S/c1-12-2-3-13(11-19)7-17(12)18-8-14-4-15(9-18)6-16(5-14)10-18/h2-3,7,14-16H,4-6,8-10H2,1H3. The molecule has 0 heterocycles. The first kappa shape index (κ1) is 12.1. The zero-order chi connectivity index (χ0) is 13.0. The van der Waals surface area contributed by atoms with Gasteiger partial charge in [0.05, 0.1) is 5.37 Å². The van der Waals surface area contributed by atoms with Gasteiger partial charge >= 0.3 is 0 Å². The van der Waals surface area contributed by atoms with Crippen LogP contribution in [-0.2, 0) is 5.41 Å². The summed E-state index contributed by atoms with van der Waals surface area (Å²) in [7, 11) is 0. The van der Waals surface area contributed by atoms with Crippen molar-refractivity contribution in [1.82, 2.24) is 0 Å². The van der Waals surface area contributed by atoms with Crippen molar-refractivity contribution in [2.75, 3.05) is 0 Å². The molecule has 0 amide bonds. The average Bonchev–Trinajstić information content (AvgIpc) is 2.37. The van der Waals surface area contributed by atoms with Crippen molar-refractivity contribution in [2.45, 2.75) is 50.9 Å². The number of benzene rings is 1. The molecule has 1 aromatic rings. The van der Waals surface area contributed by atoms with Crippen LogP contribution in [0.4, 0.5) is 0 Å². The summed E-state index contributed by atoms with van der Waals surface area (Å²) in [6.07, 6.45) is 8.83. The molecule has 99 valence electrons. The highest BCUT2D eigenvalue weighted by atomic mass is 32.1. The van der Waals surface area contributed by atoms with Gasteiger partial charge < -0.3 is 0 Å². The molecule has 0 N–H and O–H groups in total. The summed E-state index contributed by atoms with van der Waals surface area (Å²) in [5.74, 6) is 3.02. The van der Waals surface area contributed by atoms with Crippen molar-refractivity contribution < 1.29 is 0 Å². The predicted octanol–water partition coefficient (Wildman–Crippen LogP) is 4.69. The molecule has 4 aliphatic rings. The fourth-order valence-electron chi connectivity index (χ4n) is 5.70. The van der Waals surface area contributed by atoms with Crippen LogP contribution in [0.2, 0.25) is 0 Å². The Morgan fingerprint density at radius 2 is 1.63 bits per heavy atom. The molecule has 19 heavy (non-hydrogen) atoms. The molecule has 0 aliphatic heterocycles. The van der Waals surface area contributed by atoms with Gasteiger partial charge in [0, 0.05) is 0 Å². The van der Waals surface area contributed by atoms with Crippen molar-refractivity contribution in [3.8, 4) is 0 Å². The quantitative estimate of drug-likeness (QED) is 0.702. The Morgan fingerprint density at radius 3 is 2.16 bits per heavy atom. The Labute approximate surface area is 121 Å². The zero-order valence-electron chi connectivity index (χ0n) is 11.6. The van der Waals surface area contributed by atoms with Crippen molar-refractivity contribution in [1.29, 1.82) is 0 Å². The summed E-state index contributed by atoms with van der Waals surface area (Å²) in [4.78, 5) is 0. The van der Waals surface area contributed by atoms with Crippen LogP contribution < -0.4 is 0 Å². The topological polar surface area (TPSA) is 0 Å². The average molecular weight is 269 g/mol. The highest BCUT2D eigenvalue weighted by molar-refractivity contribution is 7.79.